The second kappa shape index (κ2) is 3.57. The summed E-state index contributed by atoms with van der Waals surface area (Å²) in [5, 5.41) is 8.21. The lowest BCUT2D eigenvalue weighted by atomic mass is 10.0. The van der Waals surface area contributed by atoms with E-state index in [1.54, 1.807) is 0 Å². The van der Waals surface area contributed by atoms with Crippen molar-refractivity contribution in [2.45, 2.75) is 25.6 Å². The van der Waals surface area contributed by atoms with Crippen LogP contribution < -0.4 is 0 Å². The van der Waals surface area contributed by atoms with Crippen LogP contribution in [0.5, 0.6) is 0 Å². The molecule has 0 fully saturated rings. The predicted octanol–water partition coefficient (Wildman–Crippen LogP) is 2.12. The fourth-order valence-electron chi connectivity index (χ4n) is 0.812. The molecule has 3 nitrogen and oxygen atoms in total. The minimum absolute atomic E-state index is 0.199. The largest absolute Gasteiger partial charge is 0.443 e. The number of aliphatic hydroxyl groups is 1. The van der Waals surface area contributed by atoms with Crippen molar-refractivity contribution in [2.75, 3.05) is 0 Å². The van der Waals surface area contributed by atoms with Crippen molar-refractivity contribution in [2.24, 2.45) is 0 Å². The number of ketones is 1. The van der Waals surface area contributed by atoms with Crippen LogP contribution in [0.15, 0.2) is 6.20 Å². The van der Waals surface area contributed by atoms with Gasteiger partial charge in [-0.1, -0.05) is 0 Å². The van der Waals surface area contributed by atoms with Crippen molar-refractivity contribution in [3.8, 4) is 0 Å². The molecule has 15 heavy (non-hydrogen) atoms. The molecule has 7 heteroatoms. The van der Waals surface area contributed by atoms with Crippen molar-refractivity contribution in [1.29, 1.82) is 0 Å². The van der Waals surface area contributed by atoms with Gasteiger partial charge in [-0.05, 0) is 13.8 Å². The van der Waals surface area contributed by atoms with Gasteiger partial charge in [-0.15, -0.1) is 11.3 Å². The zero-order valence-corrected chi connectivity index (χ0v) is 8.74. The number of carbonyl (C=O) groups excluding carboxylic acids is 1. The van der Waals surface area contributed by atoms with Gasteiger partial charge in [-0.2, -0.15) is 13.2 Å². The summed E-state index contributed by atoms with van der Waals surface area (Å²) in [6.07, 6.45) is -3.73. The molecule has 0 bridgehead atoms. The van der Waals surface area contributed by atoms with Gasteiger partial charge in [-0.3, -0.25) is 4.79 Å². The molecule has 0 aliphatic heterocycles. The Hall–Kier alpha value is -0.950. The molecule has 0 saturated heterocycles. The lowest BCUT2D eigenvalue weighted by Gasteiger charge is -2.13. The summed E-state index contributed by atoms with van der Waals surface area (Å²) < 4.78 is 36.4. The number of Topliss-reactive ketones (excluding diaryl/α,β-unsaturated/α-hetero) is 1. The van der Waals surface area contributed by atoms with Gasteiger partial charge in [0.15, 0.2) is 5.01 Å². The number of rotatable bonds is 2. The second-order valence-corrected chi connectivity index (χ2v) is 4.45. The standard InChI is InChI=1S/C8H8F3NO2S/c1-7(2,14)5(13)4-3-12-6(15-4)8(9,10)11/h3,14H,1-2H3. The van der Waals surface area contributed by atoms with Crippen LogP contribution in [0.4, 0.5) is 13.2 Å². The average molecular weight is 239 g/mol. The van der Waals surface area contributed by atoms with Crippen LogP contribution >= 0.6 is 11.3 Å². The van der Waals surface area contributed by atoms with Gasteiger partial charge in [0, 0.05) is 6.20 Å². The first-order valence-corrected chi connectivity index (χ1v) is 4.74. The molecule has 0 spiro atoms. The lowest BCUT2D eigenvalue weighted by Crippen LogP contribution is -2.30. The quantitative estimate of drug-likeness (QED) is 0.804. The zero-order valence-electron chi connectivity index (χ0n) is 7.92. The van der Waals surface area contributed by atoms with Crippen LogP contribution in [-0.4, -0.2) is 21.5 Å². The van der Waals surface area contributed by atoms with Crippen molar-refractivity contribution >= 4 is 17.1 Å². The molecule has 1 aromatic heterocycles. The summed E-state index contributed by atoms with van der Waals surface area (Å²) in [6.45, 7) is 2.42. The maximum Gasteiger partial charge on any atom is 0.443 e. The second-order valence-electron chi connectivity index (χ2n) is 3.42. The number of aromatic nitrogens is 1. The van der Waals surface area contributed by atoms with Gasteiger partial charge in [0.25, 0.3) is 0 Å². The Morgan fingerprint density at radius 3 is 2.33 bits per heavy atom. The van der Waals surface area contributed by atoms with Gasteiger partial charge in [0.2, 0.25) is 5.78 Å². The first kappa shape index (κ1) is 12.1. The molecule has 0 atom stereocenters. The maximum atomic E-state index is 12.1. The molecular formula is C8H8F3NO2S. The van der Waals surface area contributed by atoms with Crippen LogP contribution in [0.1, 0.15) is 28.5 Å². The molecule has 1 N–H and O–H groups in total. The molecule has 84 valence electrons. The average Bonchev–Trinajstić information content (AvgIpc) is 2.47. The third-order valence-corrected chi connectivity index (χ3v) is 2.57. The smallest absolute Gasteiger partial charge is 0.382 e. The van der Waals surface area contributed by atoms with E-state index in [2.05, 4.69) is 4.98 Å². The predicted molar refractivity (Wildman–Crippen MR) is 47.7 cm³/mol. The Balaban J connectivity index is 3.01. The Morgan fingerprint density at radius 1 is 1.47 bits per heavy atom. The number of thiazole rings is 1. The van der Waals surface area contributed by atoms with Gasteiger partial charge >= 0.3 is 6.18 Å². The summed E-state index contributed by atoms with van der Waals surface area (Å²) in [5.74, 6) is -0.768. The van der Waals surface area contributed by atoms with Gasteiger partial charge < -0.3 is 5.11 Å². The van der Waals surface area contributed by atoms with E-state index in [1.807, 2.05) is 0 Å². The van der Waals surface area contributed by atoms with Crippen molar-refractivity contribution in [3.63, 3.8) is 0 Å². The maximum absolute atomic E-state index is 12.1. The minimum Gasteiger partial charge on any atom is -0.382 e. The Kier molecular flexibility index (Phi) is 2.88. The number of alkyl halides is 3. The summed E-state index contributed by atoms with van der Waals surface area (Å²) in [7, 11) is 0. The van der Waals surface area contributed by atoms with E-state index in [1.165, 1.54) is 13.8 Å². The highest BCUT2D eigenvalue weighted by Gasteiger charge is 2.36. The fourth-order valence-corrected chi connectivity index (χ4v) is 1.69. The topological polar surface area (TPSA) is 50.2 Å². The molecule has 0 radical (unpaired) electrons. The monoisotopic (exact) mass is 239 g/mol. The number of hydrogen-bond donors (Lipinski definition) is 1. The van der Waals surface area contributed by atoms with E-state index < -0.39 is 22.6 Å². The molecule has 0 saturated carbocycles. The molecule has 1 rings (SSSR count). The highest BCUT2D eigenvalue weighted by Crippen LogP contribution is 2.33. The first-order chi connectivity index (χ1) is 6.62. The Bertz CT molecular complexity index is 378. The molecule has 0 aliphatic rings. The van der Waals surface area contributed by atoms with Crippen LogP contribution in [-0.2, 0) is 6.18 Å². The molecular weight excluding hydrogens is 231 g/mol. The van der Waals surface area contributed by atoms with Crippen molar-refractivity contribution in [3.05, 3.63) is 16.1 Å². The minimum atomic E-state index is -4.55. The third-order valence-electron chi connectivity index (χ3n) is 1.53. The van der Waals surface area contributed by atoms with Gasteiger partial charge in [-0.25, -0.2) is 4.98 Å². The molecule has 1 aromatic rings. The number of hydrogen-bond acceptors (Lipinski definition) is 4. The third kappa shape index (κ3) is 2.75. The van der Waals surface area contributed by atoms with Crippen molar-refractivity contribution < 1.29 is 23.1 Å². The first-order valence-electron chi connectivity index (χ1n) is 3.92. The molecule has 0 amide bonds. The lowest BCUT2D eigenvalue weighted by molar-refractivity contribution is -0.137. The van der Waals surface area contributed by atoms with Crippen LogP contribution in [0.2, 0.25) is 0 Å². The number of halogens is 3. The van der Waals surface area contributed by atoms with Crippen LogP contribution in [0.25, 0.3) is 0 Å². The van der Waals surface area contributed by atoms with E-state index in [4.69, 9.17) is 0 Å². The SMILES string of the molecule is CC(C)(O)C(=O)c1cnc(C(F)(F)F)s1. The normalized spacial score (nSPS) is 12.9. The summed E-state index contributed by atoms with van der Waals surface area (Å²) in [6, 6.07) is 0. The molecule has 0 unspecified atom stereocenters. The Labute approximate surface area is 87.6 Å². The van der Waals surface area contributed by atoms with Crippen LogP contribution in [0.3, 0.4) is 0 Å². The van der Waals surface area contributed by atoms with Crippen LogP contribution in [0, 0.1) is 0 Å². The van der Waals surface area contributed by atoms with Gasteiger partial charge in [0.1, 0.15) is 5.60 Å². The van der Waals surface area contributed by atoms with E-state index in [-0.39, 0.29) is 16.2 Å². The molecule has 0 aliphatic carbocycles. The molecule has 1 heterocycles. The number of carbonyl (C=O) groups is 1. The summed E-state index contributed by atoms with van der Waals surface area (Å²) in [5.41, 5.74) is -1.69. The van der Waals surface area contributed by atoms with Crippen molar-refractivity contribution in [1.82, 2.24) is 4.98 Å². The Morgan fingerprint density at radius 2 is 2.00 bits per heavy atom. The highest BCUT2D eigenvalue weighted by molar-refractivity contribution is 7.13. The van der Waals surface area contributed by atoms with E-state index in [0.717, 1.165) is 6.20 Å². The number of nitrogens with zero attached hydrogens (tertiary/aromatic N) is 1. The van der Waals surface area contributed by atoms with E-state index >= 15 is 0 Å². The fraction of sp³-hybridized carbons (Fsp3) is 0.500. The zero-order chi connectivity index (χ0) is 11.9. The highest BCUT2D eigenvalue weighted by atomic mass is 32.1. The summed E-state index contributed by atoms with van der Waals surface area (Å²) in [4.78, 5) is 14.2. The van der Waals surface area contributed by atoms with E-state index in [9.17, 15) is 23.1 Å². The summed E-state index contributed by atoms with van der Waals surface area (Å²) >= 11 is 0.229. The van der Waals surface area contributed by atoms with Gasteiger partial charge in [0.05, 0.1) is 4.88 Å². The molecule has 0 aromatic carbocycles. The van der Waals surface area contributed by atoms with E-state index in [0.29, 0.717) is 0 Å².